The first-order chi connectivity index (χ1) is 11.4. The van der Waals surface area contributed by atoms with Gasteiger partial charge in [0, 0.05) is 0 Å². The standard InChI is InChI=1S/C17H32O2.C3H8.C2H6/c1-6-13-11-10-12-15(14(13)7-2)19-16(18)17(5,8-3)9-4;1-3-2;1-2/h13-15H,6-12H2,1-5H3;3H2,1-2H3;1-2H3. The fourth-order valence-corrected chi connectivity index (χ4v) is 3.38. The zero-order valence-corrected chi connectivity index (χ0v) is 18.2. The van der Waals surface area contributed by atoms with Crippen molar-refractivity contribution in [1.29, 1.82) is 0 Å². The lowest BCUT2D eigenvalue weighted by molar-refractivity contribution is -0.167. The maximum absolute atomic E-state index is 12.4. The molecule has 1 fully saturated rings. The van der Waals surface area contributed by atoms with Gasteiger partial charge < -0.3 is 4.74 Å². The Morgan fingerprint density at radius 2 is 1.46 bits per heavy atom. The van der Waals surface area contributed by atoms with Crippen LogP contribution in [0.15, 0.2) is 0 Å². The van der Waals surface area contributed by atoms with Gasteiger partial charge in [-0.25, -0.2) is 0 Å². The van der Waals surface area contributed by atoms with Crippen molar-refractivity contribution in [3.8, 4) is 0 Å². The minimum absolute atomic E-state index is 0.0257. The molecular weight excluding hydrogens is 296 g/mol. The molecule has 24 heavy (non-hydrogen) atoms. The summed E-state index contributed by atoms with van der Waals surface area (Å²) in [6.07, 6.45) is 9.06. The second-order valence-corrected chi connectivity index (χ2v) is 7.09. The summed E-state index contributed by atoms with van der Waals surface area (Å²) in [5, 5.41) is 0. The molecule has 0 bridgehead atoms. The number of ether oxygens (including phenoxy) is 1. The molecule has 1 aliphatic carbocycles. The van der Waals surface area contributed by atoms with Crippen molar-refractivity contribution in [3.05, 3.63) is 0 Å². The quantitative estimate of drug-likeness (QED) is 0.470. The molecule has 1 rings (SSSR count). The molecule has 0 aromatic carbocycles. The van der Waals surface area contributed by atoms with E-state index in [9.17, 15) is 4.79 Å². The van der Waals surface area contributed by atoms with Crippen LogP contribution in [0.1, 0.15) is 114 Å². The van der Waals surface area contributed by atoms with E-state index in [-0.39, 0.29) is 17.5 Å². The Morgan fingerprint density at radius 1 is 0.958 bits per heavy atom. The van der Waals surface area contributed by atoms with E-state index in [1.807, 2.05) is 20.8 Å². The van der Waals surface area contributed by atoms with E-state index in [1.165, 1.54) is 25.7 Å². The maximum atomic E-state index is 12.4. The van der Waals surface area contributed by atoms with Gasteiger partial charge in [0.2, 0.25) is 0 Å². The highest BCUT2D eigenvalue weighted by atomic mass is 16.5. The Morgan fingerprint density at radius 3 is 1.83 bits per heavy atom. The van der Waals surface area contributed by atoms with Gasteiger partial charge in [-0.3, -0.25) is 4.79 Å². The minimum atomic E-state index is -0.294. The fraction of sp³-hybridized carbons (Fsp3) is 0.955. The van der Waals surface area contributed by atoms with Crippen molar-refractivity contribution in [2.45, 2.75) is 120 Å². The van der Waals surface area contributed by atoms with E-state index < -0.39 is 0 Å². The Balaban J connectivity index is 0. The van der Waals surface area contributed by atoms with Crippen LogP contribution in [0.4, 0.5) is 0 Å². The average Bonchev–Trinajstić information content (AvgIpc) is 2.62. The van der Waals surface area contributed by atoms with Gasteiger partial charge in [-0.15, -0.1) is 0 Å². The van der Waals surface area contributed by atoms with Gasteiger partial charge in [-0.05, 0) is 57.3 Å². The molecule has 0 aliphatic heterocycles. The molecule has 0 N–H and O–H groups in total. The number of carbonyl (C=O) groups is 1. The van der Waals surface area contributed by atoms with Gasteiger partial charge in [0.1, 0.15) is 6.10 Å². The summed E-state index contributed by atoms with van der Waals surface area (Å²) in [6.45, 7) is 18.9. The topological polar surface area (TPSA) is 26.3 Å². The number of carbonyl (C=O) groups excluding carboxylic acids is 1. The van der Waals surface area contributed by atoms with Crippen molar-refractivity contribution in [3.63, 3.8) is 0 Å². The van der Waals surface area contributed by atoms with Crippen LogP contribution in [0.5, 0.6) is 0 Å². The second kappa shape index (κ2) is 14.8. The molecule has 0 aromatic heterocycles. The summed E-state index contributed by atoms with van der Waals surface area (Å²) < 4.78 is 5.93. The van der Waals surface area contributed by atoms with Crippen LogP contribution in [-0.4, -0.2) is 12.1 Å². The molecule has 0 heterocycles. The normalized spacial score (nSPS) is 23.3. The summed E-state index contributed by atoms with van der Waals surface area (Å²) in [5.41, 5.74) is -0.294. The molecule has 3 atom stereocenters. The maximum Gasteiger partial charge on any atom is 0.312 e. The summed E-state index contributed by atoms with van der Waals surface area (Å²) in [4.78, 5) is 12.4. The first kappa shape index (κ1) is 25.7. The van der Waals surface area contributed by atoms with E-state index in [0.717, 1.165) is 31.6 Å². The van der Waals surface area contributed by atoms with Crippen LogP contribution in [0.25, 0.3) is 0 Å². The summed E-state index contributed by atoms with van der Waals surface area (Å²) >= 11 is 0. The van der Waals surface area contributed by atoms with E-state index in [4.69, 9.17) is 4.74 Å². The lowest BCUT2D eigenvalue weighted by Gasteiger charge is -2.38. The van der Waals surface area contributed by atoms with Crippen LogP contribution in [-0.2, 0) is 9.53 Å². The zero-order valence-electron chi connectivity index (χ0n) is 18.2. The van der Waals surface area contributed by atoms with E-state index in [0.29, 0.717) is 5.92 Å². The third-order valence-corrected chi connectivity index (χ3v) is 5.45. The molecule has 0 amide bonds. The summed E-state index contributed by atoms with van der Waals surface area (Å²) in [5.74, 6) is 1.34. The molecule has 146 valence electrons. The first-order valence-corrected chi connectivity index (χ1v) is 10.6. The van der Waals surface area contributed by atoms with Crippen LogP contribution in [0.2, 0.25) is 0 Å². The largest absolute Gasteiger partial charge is 0.462 e. The molecule has 3 unspecified atom stereocenters. The van der Waals surface area contributed by atoms with Gasteiger partial charge >= 0.3 is 5.97 Å². The van der Waals surface area contributed by atoms with E-state index >= 15 is 0 Å². The molecule has 2 nitrogen and oxygen atoms in total. The highest BCUT2D eigenvalue weighted by Gasteiger charge is 2.38. The van der Waals surface area contributed by atoms with Crippen molar-refractivity contribution < 1.29 is 9.53 Å². The predicted octanol–water partition coefficient (Wildman–Crippen LogP) is 7.40. The number of hydrogen-bond donors (Lipinski definition) is 0. The predicted molar refractivity (Wildman–Crippen MR) is 107 cm³/mol. The summed E-state index contributed by atoms with van der Waals surface area (Å²) in [6, 6.07) is 0. The lowest BCUT2D eigenvalue weighted by atomic mass is 9.74. The molecule has 1 saturated carbocycles. The number of rotatable bonds is 6. The molecule has 1 aliphatic rings. The lowest BCUT2D eigenvalue weighted by Crippen LogP contribution is -2.39. The molecule has 0 saturated heterocycles. The van der Waals surface area contributed by atoms with Gasteiger partial charge in [-0.2, -0.15) is 0 Å². The second-order valence-electron chi connectivity index (χ2n) is 7.09. The van der Waals surface area contributed by atoms with Crippen molar-refractivity contribution in [2.24, 2.45) is 17.3 Å². The van der Waals surface area contributed by atoms with Crippen LogP contribution >= 0.6 is 0 Å². The van der Waals surface area contributed by atoms with Crippen molar-refractivity contribution in [2.75, 3.05) is 0 Å². The Labute approximate surface area is 153 Å². The highest BCUT2D eigenvalue weighted by molar-refractivity contribution is 5.76. The Kier molecular flexibility index (Phi) is 15.8. The van der Waals surface area contributed by atoms with Crippen LogP contribution < -0.4 is 0 Å². The highest BCUT2D eigenvalue weighted by Crippen LogP contribution is 2.38. The van der Waals surface area contributed by atoms with E-state index in [1.54, 1.807) is 0 Å². The number of hydrogen-bond acceptors (Lipinski definition) is 2. The molecular formula is C22H46O2. The first-order valence-electron chi connectivity index (χ1n) is 10.6. The molecule has 2 heteroatoms. The smallest absolute Gasteiger partial charge is 0.312 e. The third kappa shape index (κ3) is 8.03. The Bertz CT molecular complexity index is 294. The molecule has 0 aromatic rings. The molecule has 0 spiro atoms. The monoisotopic (exact) mass is 342 g/mol. The number of esters is 1. The fourth-order valence-electron chi connectivity index (χ4n) is 3.38. The van der Waals surface area contributed by atoms with Gasteiger partial charge in [0.25, 0.3) is 0 Å². The van der Waals surface area contributed by atoms with Crippen molar-refractivity contribution in [1.82, 2.24) is 0 Å². The third-order valence-electron chi connectivity index (χ3n) is 5.45. The van der Waals surface area contributed by atoms with Gasteiger partial charge in [0.15, 0.2) is 0 Å². The zero-order chi connectivity index (χ0) is 19.2. The van der Waals surface area contributed by atoms with Gasteiger partial charge in [0.05, 0.1) is 5.41 Å². The van der Waals surface area contributed by atoms with Crippen LogP contribution in [0.3, 0.4) is 0 Å². The SMILES string of the molecule is CC.CCC.CCC1CCCC(OC(=O)C(C)(CC)CC)C1CC. The average molecular weight is 343 g/mol. The van der Waals surface area contributed by atoms with Crippen LogP contribution in [0, 0.1) is 17.3 Å². The molecule has 0 radical (unpaired) electrons. The minimum Gasteiger partial charge on any atom is -0.462 e. The van der Waals surface area contributed by atoms with E-state index in [2.05, 4.69) is 41.5 Å². The summed E-state index contributed by atoms with van der Waals surface area (Å²) in [7, 11) is 0. The van der Waals surface area contributed by atoms with Crippen molar-refractivity contribution >= 4 is 5.97 Å². The van der Waals surface area contributed by atoms with Gasteiger partial charge in [-0.1, -0.05) is 68.2 Å². The Hall–Kier alpha value is -0.530.